The number of aromatic nitrogens is 2. The second kappa shape index (κ2) is 10.1. The monoisotopic (exact) mass is 695 g/mol. The Balaban J connectivity index is 0.00000308. The molecule has 0 atom stereocenters. The van der Waals surface area contributed by atoms with Gasteiger partial charge in [0.15, 0.2) is 0 Å². The number of anilines is 3. The Bertz CT molecular complexity index is 1680. The minimum atomic E-state index is -0.334. The summed E-state index contributed by atoms with van der Waals surface area (Å²) in [5.41, 5.74) is 7.08. The van der Waals surface area contributed by atoms with E-state index in [2.05, 4.69) is 62.9 Å². The quantitative estimate of drug-likeness (QED) is 0.193. The molecule has 3 aromatic carbocycles. The number of ether oxygens (including phenoxy) is 1. The summed E-state index contributed by atoms with van der Waals surface area (Å²) in [5.74, 6) is 2.05. The van der Waals surface area contributed by atoms with Gasteiger partial charge in [-0.3, -0.25) is 4.98 Å². The van der Waals surface area contributed by atoms with Crippen molar-refractivity contribution in [3.05, 3.63) is 102 Å². The molecule has 0 saturated heterocycles. The zero-order valence-corrected chi connectivity index (χ0v) is 24.9. The standard InChI is InChI=1S/C33H30N3O2.Pt/c1-20(2)22-14-16-28(37)32-23(22)13-15-25(35-32)21-18-27-31(29(19-21)38-5)33(3,4)24-10-6-7-11-26(24)36(27)30-12-8-9-17-34-30;/h6-17,19-20,37H,1-5H3;/q-1;. The second-order valence-corrected chi connectivity index (χ2v) is 10.6. The molecule has 0 saturated carbocycles. The molecule has 0 unspecified atom stereocenters. The first-order valence-electron chi connectivity index (χ1n) is 12.9. The van der Waals surface area contributed by atoms with E-state index in [0.717, 1.165) is 45.0 Å². The van der Waals surface area contributed by atoms with Gasteiger partial charge in [-0.1, -0.05) is 75.7 Å². The number of phenols is 1. The smallest absolute Gasteiger partial charge is 0.140 e. The predicted octanol–water partition coefficient (Wildman–Crippen LogP) is 8.04. The van der Waals surface area contributed by atoms with Crippen LogP contribution in [0.5, 0.6) is 11.5 Å². The van der Waals surface area contributed by atoms with Crippen molar-refractivity contribution in [3.63, 3.8) is 0 Å². The molecule has 200 valence electrons. The average Bonchev–Trinajstić information content (AvgIpc) is 2.93. The second-order valence-electron chi connectivity index (χ2n) is 10.6. The van der Waals surface area contributed by atoms with Crippen LogP contribution in [0.2, 0.25) is 0 Å². The number of hydrogen-bond acceptors (Lipinski definition) is 5. The SMILES string of the molecule is COc1cc(-c2ccc3c(C(C)C)ccc(O)c3n2)[c-]c2c1C(C)(C)c1ccccc1N2c1ccccn1.[Pt]. The molecule has 39 heavy (non-hydrogen) atoms. The molecule has 6 rings (SSSR count). The zero-order chi connectivity index (χ0) is 26.6. The van der Waals surface area contributed by atoms with Crippen LogP contribution in [0.3, 0.4) is 0 Å². The largest absolute Gasteiger partial charge is 0.516 e. The zero-order valence-electron chi connectivity index (χ0n) is 22.6. The van der Waals surface area contributed by atoms with Crippen LogP contribution in [0.25, 0.3) is 22.2 Å². The van der Waals surface area contributed by atoms with Gasteiger partial charge in [0.25, 0.3) is 0 Å². The number of rotatable bonds is 4. The molecule has 1 N–H and O–H groups in total. The molecular weight excluding hydrogens is 665 g/mol. The van der Waals surface area contributed by atoms with Gasteiger partial charge in [0.1, 0.15) is 17.1 Å². The van der Waals surface area contributed by atoms with Crippen LogP contribution in [-0.4, -0.2) is 22.2 Å². The predicted molar refractivity (Wildman–Crippen MR) is 153 cm³/mol. The van der Waals surface area contributed by atoms with Crippen LogP contribution < -0.4 is 9.64 Å². The van der Waals surface area contributed by atoms with Gasteiger partial charge < -0.3 is 14.7 Å². The third-order valence-electron chi connectivity index (χ3n) is 7.54. The molecule has 5 nitrogen and oxygen atoms in total. The molecule has 5 aromatic rings. The molecule has 1 aliphatic heterocycles. The van der Waals surface area contributed by atoms with Crippen LogP contribution in [0.4, 0.5) is 17.2 Å². The van der Waals surface area contributed by atoms with Crippen LogP contribution in [0.15, 0.2) is 79.0 Å². The molecular formula is C33H30N3O2Pt-. The minimum Gasteiger partial charge on any atom is -0.516 e. The van der Waals surface area contributed by atoms with E-state index < -0.39 is 0 Å². The van der Waals surface area contributed by atoms with E-state index in [1.165, 1.54) is 5.56 Å². The number of para-hydroxylation sites is 1. The van der Waals surface area contributed by atoms with Gasteiger partial charge in [0, 0.05) is 44.1 Å². The Morgan fingerprint density at radius 2 is 1.74 bits per heavy atom. The number of hydrogen-bond donors (Lipinski definition) is 1. The van der Waals surface area contributed by atoms with Gasteiger partial charge in [-0.15, -0.1) is 17.7 Å². The van der Waals surface area contributed by atoms with Crippen molar-refractivity contribution >= 4 is 28.1 Å². The van der Waals surface area contributed by atoms with Gasteiger partial charge in [-0.05, 0) is 58.1 Å². The maximum absolute atomic E-state index is 10.7. The summed E-state index contributed by atoms with van der Waals surface area (Å²) in [6, 6.07) is 27.8. The van der Waals surface area contributed by atoms with E-state index in [1.807, 2.05) is 42.5 Å². The Hall–Kier alpha value is -3.69. The van der Waals surface area contributed by atoms with Crippen molar-refractivity contribution in [2.45, 2.75) is 39.0 Å². The molecule has 0 spiro atoms. The van der Waals surface area contributed by atoms with Crippen molar-refractivity contribution < 1.29 is 30.9 Å². The summed E-state index contributed by atoms with van der Waals surface area (Å²) in [6.45, 7) is 8.73. The molecule has 1 aliphatic rings. The first kappa shape index (κ1) is 26.9. The van der Waals surface area contributed by atoms with E-state index in [1.54, 1.807) is 19.4 Å². The number of fused-ring (bicyclic) bond motifs is 3. The number of methoxy groups -OCH3 is 1. The molecule has 0 amide bonds. The Morgan fingerprint density at radius 3 is 2.46 bits per heavy atom. The van der Waals surface area contributed by atoms with E-state index in [9.17, 15) is 5.11 Å². The maximum atomic E-state index is 10.7. The van der Waals surface area contributed by atoms with Gasteiger partial charge in [0.05, 0.1) is 7.11 Å². The van der Waals surface area contributed by atoms with Gasteiger partial charge in [-0.25, -0.2) is 4.98 Å². The maximum Gasteiger partial charge on any atom is 0.140 e. The number of phenolic OH excluding ortho intramolecular Hbond substituents is 1. The normalized spacial score (nSPS) is 13.5. The summed E-state index contributed by atoms with van der Waals surface area (Å²) in [7, 11) is 1.70. The number of pyridine rings is 2. The van der Waals surface area contributed by atoms with E-state index in [0.29, 0.717) is 17.1 Å². The van der Waals surface area contributed by atoms with Crippen molar-refractivity contribution in [1.82, 2.24) is 9.97 Å². The number of benzene rings is 3. The van der Waals surface area contributed by atoms with Gasteiger partial charge >= 0.3 is 0 Å². The van der Waals surface area contributed by atoms with E-state index in [4.69, 9.17) is 14.7 Å². The molecule has 0 bridgehead atoms. The van der Waals surface area contributed by atoms with Gasteiger partial charge in [0.2, 0.25) is 0 Å². The molecule has 0 aliphatic carbocycles. The van der Waals surface area contributed by atoms with E-state index >= 15 is 0 Å². The van der Waals surface area contributed by atoms with Crippen LogP contribution in [-0.2, 0) is 26.5 Å². The summed E-state index contributed by atoms with van der Waals surface area (Å²) >= 11 is 0. The molecule has 0 radical (unpaired) electrons. The van der Waals surface area contributed by atoms with Crippen LogP contribution in [0, 0.1) is 6.07 Å². The van der Waals surface area contributed by atoms with E-state index in [-0.39, 0.29) is 32.2 Å². The molecule has 2 aromatic heterocycles. The summed E-state index contributed by atoms with van der Waals surface area (Å²) in [4.78, 5) is 11.8. The molecule has 0 fully saturated rings. The van der Waals surface area contributed by atoms with Crippen LogP contribution >= 0.6 is 0 Å². The Labute approximate surface area is 243 Å². The van der Waals surface area contributed by atoms with Crippen molar-refractivity contribution in [3.8, 4) is 22.8 Å². The molecule has 3 heterocycles. The number of aromatic hydroxyl groups is 1. The van der Waals surface area contributed by atoms with Crippen molar-refractivity contribution in [2.75, 3.05) is 12.0 Å². The summed E-state index contributed by atoms with van der Waals surface area (Å²) < 4.78 is 6.03. The van der Waals surface area contributed by atoms with Crippen molar-refractivity contribution in [2.24, 2.45) is 0 Å². The Morgan fingerprint density at radius 1 is 0.974 bits per heavy atom. The number of nitrogens with zero attached hydrogens (tertiary/aromatic N) is 3. The fourth-order valence-corrected chi connectivity index (χ4v) is 5.67. The van der Waals surface area contributed by atoms with Crippen LogP contribution in [0.1, 0.15) is 50.3 Å². The minimum absolute atomic E-state index is 0. The first-order valence-corrected chi connectivity index (χ1v) is 12.9. The summed E-state index contributed by atoms with van der Waals surface area (Å²) in [6.07, 6.45) is 1.80. The topological polar surface area (TPSA) is 58.5 Å². The third kappa shape index (κ3) is 4.30. The fourth-order valence-electron chi connectivity index (χ4n) is 5.67. The van der Waals surface area contributed by atoms with Crippen molar-refractivity contribution in [1.29, 1.82) is 0 Å². The fraction of sp³-hybridized carbons (Fsp3) is 0.212. The Kier molecular flexibility index (Phi) is 6.98. The summed E-state index contributed by atoms with van der Waals surface area (Å²) in [5, 5.41) is 11.7. The van der Waals surface area contributed by atoms with Gasteiger partial charge in [-0.2, -0.15) is 0 Å². The average molecular weight is 696 g/mol. The first-order chi connectivity index (χ1) is 18.3. The third-order valence-corrected chi connectivity index (χ3v) is 7.54. The molecule has 6 heteroatoms.